The maximum absolute atomic E-state index is 12.6. The lowest BCUT2D eigenvalue weighted by atomic mass is 10.0. The van der Waals surface area contributed by atoms with Gasteiger partial charge in [0.25, 0.3) is 0 Å². The van der Waals surface area contributed by atoms with E-state index >= 15 is 0 Å². The van der Waals surface area contributed by atoms with Crippen LogP contribution in [-0.2, 0) is 9.59 Å². The molecule has 1 aromatic rings. The van der Waals surface area contributed by atoms with Crippen molar-refractivity contribution < 1.29 is 9.59 Å². The first-order valence-corrected chi connectivity index (χ1v) is 9.46. The normalized spacial score (nSPS) is 14.1. The van der Waals surface area contributed by atoms with Crippen LogP contribution in [0.2, 0.25) is 0 Å². The number of hydrogen-bond donors (Lipinski definition) is 1. The molecular formula is C21H31N3O2. The Morgan fingerprint density at radius 3 is 2.58 bits per heavy atom. The van der Waals surface area contributed by atoms with Crippen LogP contribution in [0, 0.1) is 13.8 Å². The highest BCUT2D eigenvalue weighted by atomic mass is 16.2. The van der Waals surface area contributed by atoms with Gasteiger partial charge in [0.1, 0.15) is 0 Å². The van der Waals surface area contributed by atoms with E-state index in [1.807, 2.05) is 50.9 Å². The van der Waals surface area contributed by atoms with Crippen molar-refractivity contribution in [1.29, 1.82) is 0 Å². The molecule has 142 valence electrons. The Morgan fingerprint density at radius 2 is 1.92 bits per heavy atom. The van der Waals surface area contributed by atoms with E-state index in [1.165, 1.54) is 6.42 Å². The second-order valence-corrected chi connectivity index (χ2v) is 7.05. The smallest absolute Gasteiger partial charge is 0.240 e. The van der Waals surface area contributed by atoms with E-state index in [1.54, 1.807) is 4.90 Å². The molecule has 0 saturated heterocycles. The zero-order valence-electron chi connectivity index (χ0n) is 16.5. The molecule has 0 atom stereocenters. The predicted molar refractivity (Wildman–Crippen MR) is 106 cm³/mol. The number of rotatable bonds is 7. The molecule has 0 heterocycles. The number of benzene rings is 1. The van der Waals surface area contributed by atoms with Crippen molar-refractivity contribution >= 4 is 17.5 Å². The molecule has 0 radical (unpaired) electrons. The quantitative estimate of drug-likeness (QED) is 0.813. The molecule has 0 bridgehead atoms. The second-order valence-electron chi connectivity index (χ2n) is 7.05. The fraction of sp³-hybridized carbons (Fsp3) is 0.524. The monoisotopic (exact) mass is 357 g/mol. The molecule has 1 aliphatic carbocycles. The van der Waals surface area contributed by atoms with E-state index in [0.717, 1.165) is 41.8 Å². The van der Waals surface area contributed by atoms with Crippen molar-refractivity contribution in [2.75, 3.05) is 32.0 Å². The highest BCUT2D eigenvalue weighted by Crippen LogP contribution is 2.21. The van der Waals surface area contributed by atoms with Crippen LogP contribution in [0.1, 0.15) is 43.7 Å². The average Bonchev–Trinajstić information content (AvgIpc) is 2.60. The Morgan fingerprint density at radius 1 is 1.15 bits per heavy atom. The van der Waals surface area contributed by atoms with Crippen LogP contribution in [0.3, 0.4) is 0 Å². The van der Waals surface area contributed by atoms with E-state index in [4.69, 9.17) is 0 Å². The second kappa shape index (κ2) is 9.53. The molecule has 0 spiro atoms. The highest BCUT2D eigenvalue weighted by Gasteiger charge is 2.20. The van der Waals surface area contributed by atoms with E-state index in [0.29, 0.717) is 6.54 Å². The van der Waals surface area contributed by atoms with Crippen LogP contribution < -0.4 is 5.32 Å². The zero-order chi connectivity index (χ0) is 19.1. The molecule has 0 saturated carbocycles. The predicted octanol–water partition coefficient (Wildman–Crippen LogP) is 3.48. The summed E-state index contributed by atoms with van der Waals surface area (Å²) in [7, 11) is 1.81. The first-order valence-electron chi connectivity index (χ1n) is 9.46. The largest absolute Gasteiger partial charge is 0.325 e. The number of hydrogen-bond acceptors (Lipinski definition) is 3. The lowest BCUT2D eigenvalue weighted by molar-refractivity contribution is -0.130. The van der Waals surface area contributed by atoms with E-state index in [2.05, 4.69) is 11.4 Å². The van der Waals surface area contributed by atoms with Crippen molar-refractivity contribution in [1.82, 2.24) is 9.80 Å². The molecule has 5 nitrogen and oxygen atoms in total. The fourth-order valence-electron chi connectivity index (χ4n) is 3.30. The Kier molecular flexibility index (Phi) is 7.39. The minimum atomic E-state index is -0.103. The van der Waals surface area contributed by atoms with E-state index in [9.17, 15) is 9.59 Å². The number of allylic oxidation sites excluding steroid dienone is 2. The van der Waals surface area contributed by atoms with Gasteiger partial charge in [0, 0.05) is 17.9 Å². The molecule has 2 rings (SSSR count). The number of amides is 2. The minimum Gasteiger partial charge on any atom is -0.325 e. The molecule has 26 heavy (non-hydrogen) atoms. The van der Waals surface area contributed by atoms with Gasteiger partial charge in [-0.25, -0.2) is 0 Å². The summed E-state index contributed by atoms with van der Waals surface area (Å²) >= 11 is 0. The van der Waals surface area contributed by atoms with Gasteiger partial charge in [-0.05, 0) is 70.7 Å². The van der Waals surface area contributed by atoms with Crippen molar-refractivity contribution in [2.24, 2.45) is 0 Å². The molecule has 5 heteroatoms. The molecule has 0 aliphatic heterocycles. The standard InChI is InChI=1S/C21H31N3O2/c1-5-24(18-11-7-6-8-12-18)21(26)15-23(4)14-20(25)22-19-13-9-10-16(2)17(19)3/h9-11,13H,5-8,12,14-15H2,1-4H3,(H,22,25). The maximum Gasteiger partial charge on any atom is 0.240 e. The van der Waals surface area contributed by atoms with Gasteiger partial charge in [-0.2, -0.15) is 0 Å². The summed E-state index contributed by atoms with van der Waals surface area (Å²) in [6.07, 6.45) is 6.54. The van der Waals surface area contributed by atoms with Crippen LogP contribution >= 0.6 is 0 Å². The third-order valence-corrected chi connectivity index (χ3v) is 4.93. The van der Waals surface area contributed by atoms with Crippen LogP contribution in [0.25, 0.3) is 0 Å². The lowest BCUT2D eigenvalue weighted by Gasteiger charge is -2.28. The summed E-state index contributed by atoms with van der Waals surface area (Å²) in [5, 5.41) is 2.94. The zero-order valence-corrected chi connectivity index (χ0v) is 16.5. The first kappa shape index (κ1) is 20.2. The number of carbonyl (C=O) groups excluding carboxylic acids is 2. The van der Waals surface area contributed by atoms with Crippen molar-refractivity contribution in [3.8, 4) is 0 Å². The molecule has 0 aromatic heterocycles. The van der Waals surface area contributed by atoms with Gasteiger partial charge in [-0.15, -0.1) is 0 Å². The first-order chi connectivity index (χ1) is 12.4. The van der Waals surface area contributed by atoms with Gasteiger partial charge < -0.3 is 10.2 Å². The third kappa shape index (κ3) is 5.43. The minimum absolute atomic E-state index is 0.0580. The summed E-state index contributed by atoms with van der Waals surface area (Å²) in [6.45, 7) is 7.12. The molecule has 1 aromatic carbocycles. The number of nitrogens with zero attached hydrogens (tertiary/aromatic N) is 2. The summed E-state index contributed by atoms with van der Waals surface area (Å²) < 4.78 is 0. The number of anilines is 1. The lowest BCUT2D eigenvalue weighted by Crippen LogP contribution is -2.41. The summed E-state index contributed by atoms with van der Waals surface area (Å²) in [4.78, 5) is 28.6. The molecular weight excluding hydrogens is 326 g/mol. The molecule has 0 fully saturated rings. The van der Waals surface area contributed by atoms with Gasteiger partial charge in [0.15, 0.2) is 0 Å². The van der Waals surface area contributed by atoms with Gasteiger partial charge in [0.2, 0.25) is 11.8 Å². The van der Waals surface area contributed by atoms with Gasteiger partial charge in [0.05, 0.1) is 13.1 Å². The average molecular weight is 357 g/mol. The number of nitrogens with one attached hydrogen (secondary N) is 1. The van der Waals surface area contributed by atoms with Crippen LogP contribution in [-0.4, -0.2) is 48.3 Å². The Labute approximate surface area is 157 Å². The van der Waals surface area contributed by atoms with Gasteiger partial charge in [-0.3, -0.25) is 14.5 Å². The molecule has 0 unspecified atom stereocenters. The van der Waals surface area contributed by atoms with Crippen molar-refractivity contribution in [2.45, 2.75) is 46.5 Å². The Hall–Kier alpha value is -2.14. The Bertz CT molecular complexity index is 682. The van der Waals surface area contributed by atoms with Gasteiger partial charge in [-0.1, -0.05) is 18.2 Å². The number of aryl methyl sites for hydroxylation is 1. The number of carbonyl (C=O) groups is 2. The highest BCUT2D eigenvalue weighted by molar-refractivity contribution is 5.93. The fourth-order valence-corrected chi connectivity index (χ4v) is 3.30. The van der Waals surface area contributed by atoms with E-state index < -0.39 is 0 Å². The maximum atomic E-state index is 12.6. The molecule has 1 N–H and O–H groups in total. The van der Waals surface area contributed by atoms with Gasteiger partial charge >= 0.3 is 0 Å². The van der Waals surface area contributed by atoms with Crippen LogP contribution in [0.15, 0.2) is 30.0 Å². The SMILES string of the molecule is CCN(C(=O)CN(C)CC(=O)Nc1cccc(C)c1C)C1=CCCCC1. The Balaban J connectivity index is 1.89. The molecule has 1 aliphatic rings. The topological polar surface area (TPSA) is 52.7 Å². The van der Waals surface area contributed by atoms with Crippen LogP contribution in [0.4, 0.5) is 5.69 Å². The van der Waals surface area contributed by atoms with E-state index in [-0.39, 0.29) is 24.9 Å². The number of likely N-dealkylation sites (N-methyl/N-ethyl adjacent to an activating group) is 2. The summed E-state index contributed by atoms with van der Waals surface area (Å²) in [6, 6.07) is 5.86. The molecule has 2 amide bonds. The van der Waals surface area contributed by atoms with Crippen molar-refractivity contribution in [3.05, 3.63) is 41.1 Å². The third-order valence-electron chi connectivity index (χ3n) is 4.93. The van der Waals surface area contributed by atoms with Crippen molar-refractivity contribution in [3.63, 3.8) is 0 Å². The summed E-state index contributed by atoms with van der Waals surface area (Å²) in [5.41, 5.74) is 4.18. The summed E-state index contributed by atoms with van der Waals surface area (Å²) in [5.74, 6) is -0.0448. The van der Waals surface area contributed by atoms with Crippen LogP contribution in [0.5, 0.6) is 0 Å².